The van der Waals surface area contributed by atoms with Crippen LogP contribution >= 0.6 is 46.4 Å². The Labute approximate surface area is 420 Å². The van der Waals surface area contributed by atoms with Crippen molar-refractivity contribution in [3.05, 3.63) is 142 Å². The first-order valence-electron chi connectivity index (χ1n) is 21.0. The molecule has 0 aliphatic carbocycles. The van der Waals surface area contributed by atoms with Crippen LogP contribution in [0.15, 0.2) is 83.2 Å². The minimum atomic E-state index is -0.482. The summed E-state index contributed by atoms with van der Waals surface area (Å²) in [6.07, 6.45) is 4.94. The lowest BCUT2D eigenvalue weighted by molar-refractivity contribution is -0.114. The summed E-state index contributed by atoms with van der Waals surface area (Å²) in [5.74, 6) is 1.81. The van der Waals surface area contributed by atoms with E-state index in [1.165, 1.54) is 55.9 Å². The van der Waals surface area contributed by atoms with Crippen LogP contribution in [0.5, 0.6) is 23.0 Å². The Bertz CT molecular complexity index is 3450. The van der Waals surface area contributed by atoms with E-state index in [9.17, 15) is 14.4 Å². The number of hydrogen-bond donors (Lipinski definition) is 2. The molecular formula is C49H44Cl4N10O7. The third kappa shape index (κ3) is 9.78. The molecule has 0 saturated heterocycles. The van der Waals surface area contributed by atoms with Gasteiger partial charge in [-0.2, -0.15) is 4.98 Å². The normalized spacial score (nSPS) is 11.0. The van der Waals surface area contributed by atoms with Gasteiger partial charge in [0.2, 0.25) is 5.95 Å². The van der Waals surface area contributed by atoms with Crippen molar-refractivity contribution in [2.45, 2.75) is 26.7 Å². The SMILES string of the molecule is C=CC(=O)Cc1cccc(C)c1Nc1ncc2nc(-c3c(Cl)c(OC)cc(OC)c3Cl)c(=O)n(C)c2n1.COc1cc(OC)c(Cl)c(-c2nc3cnc(Cc4c(C)cccc4N)nc3n(C)c2=O)c1Cl. The first kappa shape index (κ1) is 50.6. The molecule has 4 aromatic carbocycles. The van der Waals surface area contributed by atoms with Gasteiger partial charge in [0.25, 0.3) is 11.1 Å². The van der Waals surface area contributed by atoms with Gasteiger partial charge in [-0.3, -0.25) is 23.5 Å². The van der Waals surface area contributed by atoms with Crippen molar-refractivity contribution in [3.8, 4) is 45.5 Å². The second-order valence-corrected chi connectivity index (χ2v) is 17.0. The Morgan fingerprint density at radius 3 is 1.66 bits per heavy atom. The molecule has 0 aliphatic rings. The van der Waals surface area contributed by atoms with Crippen molar-refractivity contribution in [2.24, 2.45) is 14.1 Å². The zero-order chi connectivity index (χ0) is 50.7. The number of aryl methyl sites for hydroxylation is 4. The number of nitrogen functional groups attached to an aromatic ring is 1. The number of carbonyl (C=O) groups excluding carboxylic acids is 1. The van der Waals surface area contributed by atoms with E-state index in [-0.39, 0.29) is 77.9 Å². The van der Waals surface area contributed by atoms with E-state index in [2.05, 4.69) is 41.8 Å². The molecule has 17 nitrogen and oxygen atoms in total. The van der Waals surface area contributed by atoms with Crippen LogP contribution in [-0.4, -0.2) is 73.3 Å². The summed E-state index contributed by atoms with van der Waals surface area (Å²) in [7, 11) is 8.98. The minimum absolute atomic E-state index is 0.00404. The van der Waals surface area contributed by atoms with E-state index in [4.69, 9.17) is 71.1 Å². The second kappa shape index (κ2) is 21.1. The molecule has 8 rings (SSSR count). The lowest BCUT2D eigenvalue weighted by Crippen LogP contribution is -2.22. The van der Waals surface area contributed by atoms with Crippen LogP contribution in [0.1, 0.15) is 28.1 Å². The quantitative estimate of drug-likeness (QED) is 0.0813. The van der Waals surface area contributed by atoms with E-state index in [1.54, 1.807) is 26.4 Å². The van der Waals surface area contributed by atoms with Crippen LogP contribution in [-0.2, 0) is 31.7 Å². The Balaban J connectivity index is 0.000000208. The molecule has 4 heterocycles. The van der Waals surface area contributed by atoms with Gasteiger partial charge in [-0.05, 0) is 48.2 Å². The number of ether oxygens (including phenoxy) is 4. The fourth-order valence-electron chi connectivity index (χ4n) is 7.48. The number of methoxy groups -OCH3 is 4. The molecule has 0 atom stereocenters. The average Bonchev–Trinajstić information content (AvgIpc) is 3.35. The number of nitrogens with zero attached hydrogens (tertiary/aromatic N) is 8. The molecule has 0 amide bonds. The smallest absolute Gasteiger partial charge is 0.278 e. The summed E-state index contributed by atoms with van der Waals surface area (Å²) < 4.78 is 24.0. The Kier molecular flexibility index (Phi) is 15.3. The summed E-state index contributed by atoms with van der Waals surface area (Å²) in [6.45, 7) is 7.43. The van der Waals surface area contributed by atoms with Crippen molar-refractivity contribution in [3.63, 3.8) is 0 Å². The number of allylic oxidation sites excluding steroid dienone is 1. The molecule has 3 N–H and O–H groups in total. The van der Waals surface area contributed by atoms with Gasteiger partial charge in [-0.1, -0.05) is 83.3 Å². The highest BCUT2D eigenvalue weighted by molar-refractivity contribution is 6.41. The highest BCUT2D eigenvalue weighted by Gasteiger charge is 2.26. The highest BCUT2D eigenvalue weighted by atomic mass is 35.5. The topological polar surface area (TPSA) is 213 Å². The fraction of sp³-hybridized carbons (Fsp3) is 0.204. The number of aromatic nitrogens is 8. The van der Waals surface area contributed by atoms with Crippen molar-refractivity contribution >= 4 is 91.8 Å². The zero-order valence-electron chi connectivity index (χ0n) is 39.0. The van der Waals surface area contributed by atoms with Gasteiger partial charge in [-0.25, -0.2) is 24.9 Å². The number of rotatable bonds is 13. The Morgan fingerprint density at radius 2 is 1.17 bits per heavy atom. The first-order valence-corrected chi connectivity index (χ1v) is 22.5. The van der Waals surface area contributed by atoms with Crippen molar-refractivity contribution < 1.29 is 23.7 Å². The minimum Gasteiger partial charge on any atom is -0.495 e. The molecular weight excluding hydrogens is 982 g/mol. The van der Waals surface area contributed by atoms with E-state index in [0.29, 0.717) is 51.8 Å². The molecule has 8 aromatic rings. The maximum Gasteiger partial charge on any atom is 0.278 e. The molecule has 0 saturated carbocycles. The van der Waals surface area contributed by atoms with E-state index in [0.717, 1.165) is 22.3 Å². The zero-order valence-corrected chi connectivity index (χ0v) is 42.0. The molecule has 70 heavy (non-hydrogen) atoms. The fourth-order valence-corrected chi connectivity index (χ4v) is 8.83. The predicted molar refractivity (Wildman–Crippen MR) is 274 cm³/mol. The molecule has 0 unspecified atom stereocenters. The van der Waals surface area contributed by atoms with Crippen LogP contribution in [0.3, 0.4) is 0 Å². The molecule has 360 valence electrons. The van der Waals surface area contributed by atoms with Crippen LogP contribution in [0.25, 0.3) is 44.8 Å². The number of nitrogens with one attached hydrogen (secondary N) is 1. The number of carbonyl (C=O) groups is 1. The van der Waals surface area contributed by atoms with Gasteiger partial charge >= 0.3 is 0 Å². The lowest BCUT2D eigenvalue weighted by Gasteiger charge is -2.16. The van der Waals surface area contributed by atoms with E-state index < -0.39 is 11.1 Å². The number of halogens is 4. The molecule has 0 spiro atoms. The maximum atomic E-state index is 13.4. The summed E-state index contributed by atoms with van der Waals surface area (Å²) in [6, 6.07) is 14.4. The third-order valence-corrected chi connectivity index (χ3v) is 12.8. The molecule has 21 heteroatoms. The summed E-state index contributed by atoms with van der Waals surface area (Å²) in [5.41, 5.74) is 12.1. The molecule has 4 aromatic heterocycles. The number of anilines is 3. The van der Waals surface area contributed by atoms with Gasteiger partial charge in [0.1, 0.15) is 51.2 Å². The molecule has 0 radical (unpaired) electrons. The largest absolute Gasteiger partial charge is 0.495 e. The molecule has 0 aliphatic heterocycles. The summed E-state index contributed by atoms with van der Waals surface area (Å²) in [4.78, 5) is 65.6. The second-order valence-electron chi connectivity index (χ2n) is 15.5. The standard InChI is InChI=1S/C26H23Cl2N5O4.C23H21Cl2N5O3/c1-6-15(34)10-14-9-7-8-13(2)22(14)31-26-29-12-16-24(32-26)33(3)25(35)23(30-16)19-20(27)17(36-4)11-18(37-5)21(19)28;1-11-6-5-7-13(26)12(11)8-17-27-10-14-22(29-17)30(2)23(31)21(28-14)18-19(24)15(32-3)9-16(33-4)20(18)25/h6-9,11-12H,1,10H2,2-5H3,(H,29,31,32);5-7,9-10H,8,26H2,1-4H3. The van der Waals surface area contributed by atoms with Gasteiger partial charge < -0.3 is 30.0 Å². The van der Waals surface area contributed by atoms with Crippen molar-refractivity contribution in [1.82, 2.24) is 39.0 Å². The van der Waals surface area contributed by atoms with Crippen molar-refractivity contribution in [1.29, 1.82) is 0 Å². The number of ketones is 1. The van der Waals surface area contributed by atoms with Gasteiger partial charge in [-0.15, -0.1) is 0 Å². The summed E-state index contributed by atoms with van der Waals surface area (Å²) >= 11 is 26.0. The van der Waals surface area contributed by atoms with Gasteiger partial charge in [0.15, 0.2) is 17.1 Å². The highest BCUT2D eigenvalue weighted by Crippen LogP contribution is 2.46. The van der Waals surface area contributed by atoms with E-state index >= 15 is 0 Å². The van der Waals surface area contributed by atoms with Gasteiger partial charge in [0.05, 0.1) is 72.1 Å². The van der Waals surface area contributed by atoms with Crippen LogP contribution < -0.4 is 41.1 Å². The summed E-state index contributed by atoms with van der Waals surface area (Å²) in [5, 5.41) is 3.73. The molecule has 0 bridgehead atoms. The Hall–Kier alpha value is -7.31. The number of benzene rings is 4. The maximum absolute atomic E-state index is 13.4. The monoisotopic (exact) mass is 1020 g/mol. The average molecular weight is 1030 g/mol. The van der Waals surface area contributed by atoms with Crippen LogP contribution in [0.4, 0.5) is 17.3 Å². The van der Waals surface area contributed by atoms with Crippen LogP contribution in [0, 0.1) is 13.8 Å². The van der Waals surface area contributed by atoms with E-state index in [1.807, 2.05) is 50.2 Å². The number of hydrogen-bond acceptors (Lipinski definition) is 15. The molecule has 0 fully saturated rings. The number of fused-ring (bicyclic) bond motifs is 2. The predicted octanol–water partition coefficient (Wildman–Crippen LogP) is 9.26. The third-order valence-electron chi connectivity index (χ3n) is 11.3. The number of para-hydroxylation sites is 1. The van der Waals surface area contributed by atoms with Gasteiger partial charge in [0, 0.05) is 50.4 Å². The number of nitrogens with two attached hydrogens (primary N) is 1. The van der Waals surface area contributed by atoms with Crippen molar-refractivity contribution in [2.75, 3.05) is 39.5 Å². The first-order chi connectivity index (χ1) is 33.5. The van der Waals surface area contributed by atoms with Crippen LogP contribution in [0.2, 0.25) is 20.1 Å². The lowest BCUT2D eigenvalue weighted by atomic mass is 10.0. The Morgan fingerprint density at radius 1 is 0.700 bits per heavy atom.